The van der Waals surface area contributed by atoms with E-state index in [0.29, 0.717) is 0 Å². The highest BCUT2D eigenvalue weighted by Gasteiger charge is 2.35. The molecule has 0 radical (unpaired) electrons. The fraction of sp³-hybridized carbons (Fsp3) is 0.611. The van der Waals surface area contributed by atoms with Gasteiger partial charge in [-0.25, -0.2) is 0 Å². The molecule has 0 amide bonds. The van der Waals surface area contributed by atoms with Crippen molar-refractivity contribution < 1.29 is 9.53 Å². The Hall–Kier alpha value is -1.39. The highest BCUT2D eigenvalue weighted by atomic mass is 16.5. The number of carbonyl (C=O) groups is 1. The first-order valence-corrected chi connectivity index (χ1v) is 7.72. The summed E-state index contributed by atoms with van der Waals surface area (Å²) < 4.78 is 5.03. The van der Waals surface area contributed by atoms with Gasteiger partial charge in [0, 0.05) is 11.1 Å². The lowest BCUT2D eigenvalue weighted by Gasteiger charge is -2.37. The Balaban J connectivity index is 3.21. The van der Waals surface area contributed by atoms with Crippen LogP contribution < -0.4 is 10.6 Å². The average molecular weight is 306 g/mol. The van der Waals surface area contributed by atoms with Gasteiger partial charge in [-0.05, 0) is 47.1 Å². The van der Waals surface area contributed by atoms with Crippen molar-refractivity contribution in [2.24, 2.45) is 0 Å². The standard InChI is InChI=1S/C18H30N2O2/c1-17(2,3)19-14(13-11-9-8-10-12-13)15(16(21)22-7)20-18(4,5)6/h8-12,14-15,19-20H,1-7H3. The van der Waals surface area contributed by atoms with E-state index < -0.39 is 6.04 Å². The Morgan fingerprint density at radius 1 is 0.955 bits per heavy atom. The fourth-order valence-electron chi connectivity index (χ4n) is 2.36. The van der Waals surface area contributed by atoms with E-state index in [-0.39, 0.29) is 23.1 Å². The van der Waals surface area contributed by atoms with Gasteiger partial charge < -0.3 is 10.1 Å². The molecule has 1 rings (SSSR count). The van der Waals surface area contributed by atoms with Crippen molar-refractivity contribution in [3.8, 4) is 0 Å². The Bertz CT molecular complexity index is 472. The number of hydrogen-bond acceptors (Lipinski definition) is 4. The molecular weight excluding hydrogens is 276 g/mol. The lowest BCUT2D eigenvalue weighted by molar-refractivity contribution is -0.144. The van der Waals surface area contributed by atoms with Crippen LogP contribution >= 0.6 is 0 Å². The molecule has 1 aromatic carbocycles. The molecule has 4 heteroatoms. The van der Waals surface area contributed by atoms with Crippen LogP contribution in [0.5, 0.6) is 0 Å². The smallest absolute Gasteiger partial charge is 0.324 e. The third kappa shape index (κ3) is 6.16. The highest BCUT2D eigenvalue weighted by Crippen LogP contribution is 2.23. The van der Waals surface area contributed by atoms with Gasteiger partial charge in [0.2, 0.25) is 0 Å². The number of hydrogen-bond donors (Lipinski definition) is 2. The summed E-state index contributed by atoms with van der Waals surface area (Å²) in [6.45, 7) is 12.4. The summed E-state index contributed by atoms with van der Waals surface area (Å²) in [6, 6.07) is 9.37. The Kier molecular flexibility index (Phi) is 6.15. The van der Waals surface area contributed by atoms with Crippen molar-refractivity contribution in [1.82, 2.24) is 10.6 Å². The first kappa shape index (κ1) is 18.7. The molecule has 1 aromatic rings. The third-order valence-electron chi connectivity index (χ3n) is 3.12. The average Bonchev–Trinajstić information content (AvgIpc) is 2.40. The Morgan fingerprint density at radius 2 is 1.45 bits per heavy atom. The minimum Gasteiger partial charge on any atom is -0.468 e. The van der Waals surface area contributed by atoms with Crippen molar-refractivity contribution in [2.45, 2.75) is 64.7 Å². The highest BCUT2D eigenvalue weighted by molar-refractivity contribution is 5.77. The monoisotopic (exact) mass is 306 g/mol. The predicted molar refractivity (Wildman–Crippen MR) is 90.8 cm³/mol. The summed E-state index contributed by atoms with van der Waals surface area (Å²) >= 11 is 0. The van der Waals surface area contributed by atoms with Gasteiger partial charge in [0.25, 0.3) is 0 Å². The molecule has 22 heavy (non-hydrogen) atoms. The van der Waals surface area contributed by atoms with Crippen LogP contribution in [0.15, 0.2) is 30.3 Å². The van der Waals surface area contributed by atoms with Gasteiger partial charge in [0.1, 0.15) is 6.04 Å². The maximum Gasteiger partial charge on any atom is 0.324 e. The number of benzene rings is 1. The maximum absolute atomic E-state index is 12.4. The van der Waals surface area contributed by atoms with Crippen LogP contribution in [0, 0.1) is 0 Å². The zero-order chi connectivity index (χ0) is 17.0. The molecule has 0 aromatic heterocycles. The largest absolute Gasteiger partial charge is 0.468 e. The summed E-state index contributed by atoms with van der Waals surface area (Å²) in [7, 11) is 1.43. The molecule has 0 spiro atoms. The fourth-order valence-corrected chi connectivity index (χ4v) is 2.36. The summed E-state index contributed by atoms with van der Waals surface area (Å²) in [6.07, 6.45) is 0. The number of rotatable bonds is 5. The number of esters is 1. The van der Waals surface area contributed by atoms with Crippen LogP contribution in [0.3, 0.4) is 0 Å². The van der Waals surface area contributed by atoms with Gasteiger partial charge in [0.15, 0.2) is 0 Å². The normalized spacial score (nSPS) is 15.2. The minimum absolute atomic E-state index is 0.133. The van der Waals surface area contributed by atoms with Gasteiger partial charge in [-0.15, -0.1) is 0 Å². The lowest BCUT2D eigenvalue weighted by Crippen LogP contribution is -2.56. The molecular formula is C18H30N2O2. The van der Waals surface area contributed by atoms with E-state index in [4.69, 9.17) is 4.74 Å². The topological polar surface area (TPSA) is 50.4 Å². The molecule has 124 valence electrons. The van der Waals surface area contributed by atoms with Crippen molar-refractivity contribution in [1.29, 1.82) is 0 Å². The molecule has 2 N–H and O–H groups in total. The molecule has 2 unspecified atom stereocenters. The number of carbonyl (C=O) groups excluding carboxylic acids is 1. The van der Waals surface area contributed by atoms with Crippen LogP contribution in [-0.2, 0) is 9.53 Å². The van der Waals surface area contributed by atoms with Gasteiger partial charge in [-0.2, -0.15) is 0 Å². The van der Waals surface area contributed by atoms with Crippen LogP contribution in [-0.4, -0.2) is 30.2 Å². The molecule has 0 bridgehead atoms. The van der Waals surface area contributed by atoms with Gasteiger partial charge in [-0.1, -0.05) is 30.3 Å². The van der Waals surface area contributed by atoms with E-state index >= 15 is 0 Å². The molecule has 2 atom stereocenters. The molecule has 0 heterocycles. The van der Waals surface area contributed by atoms with Crippen LogP contribution in [0.25, 0.3) is 0 Å². The zero-order valence-corrected chi connectivity index (χ0v) is 14.9. The van der Waals surface area contributed by atoms with E-state index in [0.717, 1.165) is 5.56 Å². The minimum atomic E-state index is -0.466. The molecule has 4 nitrogen and oxygen atoms in total. The second-order valence-electron chi connectivity index (χ2n) is 7.68. The van der Waals surface area contributed by atoms with E-state index in [2.05, 4.69) is 31.4 Å². The molecule has 0 saturated heterocycles. The molecule has 0 saturated carbocycles. The third-order valence-corrected chi connectivity index (χ3v) is 3.12. The van der Waals surface area contributed by atoms with Crippen LogP contribution in [0.1, 0.15) is 53.1 Å². The van der Waals surface area contributed by atoms with E-state index in [1.807, 2.05) is 51.1 Å². The SMILES string of the molecule is COC(=O)C(NC(C)(C)C)C(NC(C)(C)C)c1ccccc1. The first-order chi connectivity index (χ1) is 10.0. The summed E-state index contributed by atoms with van der Waals surface area (Å²) in [4.78, 5) is 12.4. The molecule has 0 fully saturated rings. The van der Waals surface area contributed by atoms with Crippen molar-refractivity contribution in [3.63, 3.8) is 0 Å². The summed E-state index contributed by atoms with van der Waals surface area (Å²) in [5, 5.41) is 6.94. The number of ether oxygens (including phenoxy) is 1. The lowest BCUT2D eigenvalue weighted by atomic mass is 9.93. The Morgan fingerprint density at radius 3 is 1.86 bits per heavy atom. The van der Waals surface area contributed by atoms with Crippen LogP contribution in [0.4, 0.5) is 0 Å². The molecule has 0 aliphatic heterocycles. The maximum atomic E-state index is 12.4. The first-order valence-electron chi connectivity index (χ1n) is 7.72. The van der Waals surface area contributed by atoms with Crippen molar-refractivity contribution in [3.05, 3.63) is 35.9 Å². The number of methoxy groups -OCH3 is 1. The Labute approximate surface area is 134 Å². The van der Waals surface area contributed by atoms with Crippen molar-refractivity contribution >= 4 is 5.97 Å². The van der Waals surface area contributed by atoms with Gasteiger partial charge >= 0.3 is 5.97 Å². The number of nitrogens with one attached hydrogen (secondary N) is 2. The van der Waals surface area contributed by atoms with E-state index in [9.17, 15) is 4.79 Å². The van der Waals surface area contributed by atoms with Crippen molar-refractivity contribution in [2.75, 3.05) is 7.11 Å². The summed E-state index contributed by atoms with van der Waals surface area (Å²) in [5.74, 6) is -0.263. The second kappa shape index (κ2) is 7.25. The zero-order valence-electron chi connectivity index (χ0n) is 14.9. The van der Waals surface area contributed by atoms with E-state index in [1.54, 1.807) is 0 Å². The molecule has 0 aliphatic carbocycles. The quantitative estimate of drug-likeness (QED) is 0.821. The van der Waals surface area contributed by atoms with Gasteiger partial charge in [0.05, 0.1) is 13.2 Å². The van der Waals surface area contributed by atoms with Crippen LogP contribution in [0.2, 0.25) is 0 Å². The summed E-state index contributed by atoms with van der Waals surface area (Å²) in [5.41, 5.74) is 0.724. The molecule has 0 aliphatic rings. The van der Waals surface area contributed by atoms with E-state index in [1.165, 1.54) is 7.11 Å². The predicted octanol–water partition coefficient (Wildman–Crippen LogP) is 3.05. The van der Waals surface area contributed by atoms with Gasteiger partial charge in [-0.3, -0.25) is 10.1 Å². The second-order valence-corrected chi connectivity index (χ2v) is 7.68.